The molecule has 0 saturated carbocycles. The zero-order valence-electron chi connectivity index (χ0n) is 6.83. The van der Waals surface area contributed by atoms with Crippen molar-refractivity contribution in [2.24, 2.45) is 4.99 Å². The molecule has 1 aliphatic rings. The van der Waals surface area contributed by atoms with Crippen LogP contribution in [-0.2, 0) is 4.79 Å². The largest absolute Gasteiger partial charge is 0.294 e. The van der Waals surface area contributed by atoms with Crippen LogP contribution in [0, 0.1) is 0 Å². The van der Waals surface area contributed by atoms with E-state index in [1.165, 1.54) is 11.8 Å². The van der Waals surface area contributed by atoms with E-state index in [1.54, 1.807) is 11.9 Å². The zero-order valence-corrected chi connectivity index (χ0v) is 7.65. The first-order valence-electron chi connectivity index (χ1n) is 3.69. The van der Waals surface area contributed by atoms with Gasteiger partial charge in [0.15, 0.2) is 5.17 Å². The summed E-state index contributed by atoms with van der Waals surface area (Å²) in [6.07, 6.45) is 1.03. The monoisotopic (exact) mass is 172 g/mol. The Morgan fingerprint density at radius 2 is 2.45 bits per heavy atom. The molecule has 11 heavy (non-hydrogen) atoms. The highest BCUT2D eigenvalue weighted by Gasteiger charge is 2.23. The van der Waals surface area contributed by atoms with E-state index in [0.29, 0.717) is 5.75 Å². The number of rotatable bonds is 2. The lowest BCUT2D eigenvalue weighted by atomic mass is 10.5. The van der Waals surface area contributed by atoms with Crippen LogP contribution in [0.5, 0.6) is 0 Å². The number of hydrogen-bond donors (Lipinski definition) is 0. The van der Waals surface area contributed by atoms with Gasteiger partial charge in [-0.05, 0) is 6.42 Å². The molecule has 0 aliphatic carbocycles. The SMILES string of the molecule is CCCN=C1SCC(=O)N1C. The number of aliphatic imine (C=N–C) groups is 1. The Balaban J connectivity index is 2.54. The molecule has 0 bridgehead atoms. The van der Waals surface area contributed by atoms with E-state index in [-0.39, 0.29) is 5.91 Å². The summed E-state index contributed by atoms with van der Waals surface area (Å²) in [6, 6.07) is 0. The fourth-order valence-corrected chi connectivity index (χ4v) is 1.71. The molecule has 4 heteroatoms. The first kappa shape index (κ1) is 8.59. The number of nitrogens with zero attached hydrogens (tertiary/aromatic N) is 2. The number of amides is 1. The summed E-state index contributed by atoms with van der Waals surface area (Å²) < 4.78 is 0. The second-order valence-corrected chi connectivity index (χ2v) is 3.35. The molecule has 62 valence electrons. The van der Waals surface area contributed by atoms with Gasteiger partial charge in [-0.3, -0.25) is 14.7 Å². The normalized spacial score (nSPS) is 21.8. The second-order valence-electron chi connectivity index (χ2n) is 2.41. The lowest BCUT2D eigenvalue weighted by Gasteiger charge is -2.06. The quantitative estimate of drug-likeness (QED) is 0.621. The molecule has 1 saturated heterocycles. The lowest BCUT2D eigenvalue weighted by Crippen LogP contribution is -2.24. The second kappa shape index (κ2) is 3.76. The van der Waals surface area contributed by atoms with Gasteiger partial charge < -0.3 is 0 Å². The number of amidine groups is 1. The van der Waals surface area contributed by atoms with Crippen molar-refractivity contribution in [3.63, 3.8) is 0 Å². The van der Waals surface area contributed by atoms with Gasteiger partial charge in [0.25, 0.3) is 0 Å². The summed E-state index contributed by atoms with van der Waals surface area (Å²) >= 11 is 1.52. The van der Waals surface area contributed by atoms with Gasteiger partial charge in [0, 0.05) is 13.6 Å². The van der Waals surface area contributed by atoms with Gasteiger partial charge in [-0.25, -0.2) is 0 Å². The zero-order chi connectivity index (χ0) is 8.27. The van der Waals surface area contributed by atoms with Crippen LogP contribution in [0.1, 0.15) is 13.3 Å². The fraction of sp³-hybridized carbons (Fsp3) is 0.714. The van der Waals surface area contributed by atoms with E-state index in [1.807, 2.05) is 0 Å². The average molecular weight is 172 g/mol. The van der Waals surface area contributed by atoms with Gasteiger partial charge in [0.1, 0.15) is 0 Å². The topological polar surface area (TPSA) is 32.7 Å². The number of thioether (sulfide) groups is 1. The van der Waals surface area contributed by atoms with Gasteiger partial charge >= 0.3 is 0 Å². The smallest absolute Gasteiger partial charge is 0.238 e. The molecule has 0 atom stereocenters. The molecule has 0 aromatic heterocycles. The van der Waals surface area contributed by atoms with Crippen LogP contribution < -0.4 is 0 Å². The minimum absolute atomic E-state index is 0.157. The number of carbonyl (C=O) groups is 1. The molecule has 0 N–H and O–H groups in total. The molecule has 1 rings (SSSR count). The van der Waals surface area contributed by atoms with E-state index in [0.717, 1.165) is 18.1 Å². The molecular formula is C7H12N2OS. The molecule has 1 aliphatic heterocycles. The van der Waals surface area contributed by atoms with Crippen molar-refractivity contribution >= 4 is 22.8 Å². The van der Waals surface area contributed by atoms with Crippen LogP contribution >= 0.6 is 11.8 Å². The van der Waals surface area contributed by atoms with E-state index in [4.69, 9.17) is 0 Å². The maximum atomic E-state index is 11.0. The Morgan fingerprint density at radius 3 is 2.91 bits per heavy atom. The summed E-state index contributed by atoms with van der Waals surface area (Å²) in [6.45, 7) is 2.89. The van der Waals surface area contributed by atoms with Crippen molar-refractivity contribution < 1.29 is 4.79 Å². The Kier molecular flexibility index (Phi) is 2.93. The van der Waals surface area contributed by atoms with E-state index in [2.05, 4.69) is 11.9 Å². The molecule has 0 radical (unpaired) electrons. The molecule has 0 spiro atoms. The van der Waals surface area contributed by atoms with Crippen LogP contribution in [0.25, 0.3) is 0 Å². The highest BCUT2D eigenvalue weighted by Crippen LogP contribution is 2.16. The minimum Gasteiger partial charge on any atom is -0.294 e. The van der Waals surface area contributed by atoms with Crippen LogP contribution in [0.4, 0.5) is 0 Å². The summed E-state index contributed by atoms with van der Waals surface area (Å²) in [4.78, 5) is 16.9. The summed E-state index contributed by atoms with van der Waals surface area (Å²) in [5.41, 5.74) is 0. The molecule has 1 heterocycles. The minimum atomic E-state index is 0.157. The predicted octanol–water partition coefficient (Wildman–Crippen LogP) is 0.958. The van der Waals surface area contributed by atoms with E-state index < -0.39 is 0 Å². The lowest BCUT2D eigenvalue weighted by molar-refractivity contribution is -0.123. The molecular weight excluding hydrogens is 160 g/mol. The van der Waals surface area contributed by atoms with Crippen molar-refractivity contribution in [2.45, 2.75) is 13.3 Å². The first-order valence-corrected chi connectivity index (χ1v) is 4.68. The molecule has 1 fully saturated rings. The summed E-state index contributed by atoms with van der Waals surface area (Å²) in [5.74, 6) is 0.712. The summed E-state index contributed by atoms with van der Waals surface area (Å²) in [5, 5.41) is 0.872. The van der Waals surface area contributed by atoms with Gasteiger partial charge in [-0.15, -0.1) is 0 Å². The maximum absolute atomic E-state index is 11.0. The van der Waals surface area contributed by atoms with Crippen molar-refractivity contribution in [1.29, 1.82) is 0 Å². The number of hydrogen-bond acceptors (Lipinski definition) is 3. The van der Waals surface area contributed by atoms with Crippen molar-refractivity contribution in [1.82, 2.24) is 4.90 Å². The summed E-state index contributed by atoms with van der Waals surface area (Å²) in [7, 11) is 1.77. The molecule has 1 amide bonds. The van der Waals surface area contributed by atoms with Crippen LogP contribution in [0.15, 0.2) is 4.99 Å². The van der Waals surface area contributed by atoms with Crippen molar-refractivity contribution in [2.75, 3.05) is 19.3 Å². The van der Waals surface area contributed by atoms with E-state index in [9.17, 15) is 4.79 Å². The predicted molar refractivity (Wildman–Crippen MR) is 47.8 cm³/mol. The van der Waals surface area contributed by atoms with Gasteiger partial charge in [0.05, 0.1) is 5.75 Å². The average Bonchev–Trinajstić information content (AvgIpc) is 2.31. The standard InChI is InChI=1S/C7H12N2OS/c1-3-4-8-7-9(2)6(10)5-11-7/h3-5H2,1-2H3. The molecule has 0 unspecified atom stereocenters. The van der Waals surface area contributed by atoms with Gasteiger partial charge in [-0.2, -0.15) is 0 Å². The van der Waals surface area contributed by atoms with Crippen LogP contribution in [-0.4, -0.2) is 35.3 Å². The Morgan fingerprint density at radius 1 is 1.73 bits per heavy atom. The number of carbonyl (C=O) groups excluding carboxylic acids is 1. The van der Waals surface area contributed by atoms with Gasteiger partial charge in [-0.1, -0.05) is 18.7 Å². The van der Waals surface area contributed by atoms with E-state index >= 15 is 0 Å². The molecule has 3 nitrogen and oxygen atoms in total. The Bertz CT molecular complexity index is 191. The van der Waals surface area contributed by atoms with Gasteiger partial charge in [0.2, 0.25) is 5.91 Å². The third kappa shape index (κ3) is 1.96. The van der Waals surface area contributed by atoms with Crippen molar-refractivity contribution in [3.8, 4) is 0 Å². The van der Waals surface area contributed by atoms with Crippen molar-refractivity contribution in [3.05, 3.63) is 0 Å². The maximum Gasteiger partial charge on any atom is 0.238 e. The first-order chi connectivity index (χ1) is 5.25. The highest BCUT2D eigenvalue weighted by molar-refractivity contribution is 8.15. The Hall–Kier alpha value is -0.510. The third-order valence-electron chi connectivity index (χ3n) is 1.46. The highest BCUT2D eigenvalue weighted by atomic mass is 32.2. The van der Waals surface area contributed by atoms with Crippen LogP contribution in [0.3, 0.4) is 0 Å². The van der Waals surface area contributed by atoms with Crippen LogP contribution in [0.2, 0.25) is 0 Å². The Labute approximate surface area is 70.9 Å². The third-order valence-corrected chi connectivity index (χ3v) is 2.51. The molecule has 0 aromatic carbocycles. The fourth-order valence-electron chi connectivity index (χ4n) is 0.786. The molecule has 0 aromatic rings.